The number of alkyl halides is 3. The summed E-state index contributed by atoms with van der Waals surface area (Å²) in [5, 5.41) is 0. The minimum atomic E-state index is -4.66. The van der Waals surface area contributed by atoms with Crippen LogP contribution in [-0.2, 0) is 25.7 Å². The second-order valence-electron chi connectivity index (χ2n) is 6.45. The number of hydrogen-bond donors (Lipinski definition) is 1. The molecule has 1 aromatic heterocycles. The molecular formula is C19H22F3N3O3. The van der Waals surface area contributed by atoms with Crippen LogP contribution >= 0.6 is 0 Å². The molecule has 0 bridgehead atoms. The molecule has 0 aliphatic carbocycles. The summed E-state index contributed by atoms with van der Waals surface area (Å²) in [5.74, 6) is 0.0728. The zero-order valence-corrected chi connectivity index (χ0v) is 15.7. The minimum Gasteiger partial charge on any atom is -0.490 e. The maximum absolute atomic E-state index is 12.8. The SMILES string of the molecule is CCOc1ccc(CN2CCc3nc(C(F)(F)F)[nH]c(=O)c3C2)cc1OCC. The number of nitrogens with zero attached hydrogens (tertiary/aromatic N) is 2. The molecule has 0 spiro atoms. The van der Waals surface area contributed by atoms with Crippen LogP contribution in [0.25, 0.3) is 0 Å². The highest BCUT2D eigenvalue weighted by Gasteiger charge is 2.35. The van der Waals surface area contributed by atoms with E-state index in [0.717, 1.165) is 5.56 Å². The lowest BCUT2D eigenvalue weighted by Gasteiger charge is -2.28. The maximum Gasteiger partial charge on any atom is 0.449 e. The largest absolute Gasteiger partial charge is 0.490 e. The molecule has 0 fully saturated rings. The van der Waals surface area contributed by atoms with Crippen molar-refractivity contribution in [3.63, 3.8) is 0 Å². The molecule has 0 amide bonds. The standard InChI is InChI=1S/C19H22F3N3O3/c1-3-27-15-6-5-12(9-16(15)28-4-2)10-25-8-7-14-13(11-25)17(26)24-18(23-14)19(20,21)22/h5-6,9H,3-4,7-8,10-11H2,1-2H3,(H,23,24,26). The van der Waals surface area contributed by atoms with E-state index in [0.29, 0.717) is 37.8 Å². The molecule has 2 heterocycles. The molecule has 6 nitrogen and oxygen atoms in total. The number of benzene rings is 1. The molecule has 0 saturated heterocycles. The summed E-state index contributed by atoms with van der Waals surface area (Å²) >= 11 is 0. The molecular weight excluding hydrogens is 375 g/mol. The van der Waals surface area contributed by atoms with Gasteiger partial charge in [-0.15, -0.1) is 0 Å². The van der Waals surface area contributed by atoms with Gasteiger partial charge in [-0.1, -0.05) is 6.07 Å². The normalized spacial score (nSPS) is 14.6. The Balaban J connectivity index is 1.78. The van der Waals surface area contributed by atoms with E-state index in [9.17, 15) is 18.0 Å². The molecule has 1 aromatic carbocycles. The third kappa shape index (κ3) is 4.46. The van der Waals surface area contributed by atoms with Crippen LogP contribution in [0.4, 0.5) is 13.2 Å². The molecule has 152 valence electrons. The summed E-state index contributed by atoms with van der Waals surface area (Å²) in [6.45, 7) is 6.10. The molecule has 0 radical (unpaired) electrons. The van der Waals surface area contributed by atoms with Crippen LogP contribution < -0.4 is 15.0 Å². The summed E-state index contributed by atoms with van der Waals surface area (Å²) in [7, 11) is 0. The van der Waals surface area contributed by atoms with Crippen LogP contribution in [0.15, 0.2) is 23.0 Å². The van der Waals surface area contributed by atoms with Crippen LogP contribution in [0, 0.1) is 0 Å². The van der Waals surface area contributed by atoms with Gasteiger partial charge in [0.25, 0.3) is 5.56 Å². The summed E-state index contributed by atoms with van der Waals surface area (Å²) in [6, 6.07) is 5.64. The van der Waals surface area contributed by atoms with E-state index in [1.54, 1.807) is 0 Å². The van der Waals surface area contributed by atoms with Crippen molar-refractivity contribution in [3.8, 4) is 11.5 Å². The summed E-state index contributed by atoms with van der Waals surface area (Å²) in [5.41, 5.74) is 0.736. The fourth-order valence-corrected chi connectivity index (χ4v) is 3.20. The first kappa shape index (κ1) is 20.2. The van der Waals surface area contributed by atoms with E-state index < -0.39 is 17.6 Å². The average molecular weight is 397 g/mol. The van der Waals surface area contributed by atoms with Crippen molar-refractivity contribution in [2.75, 3.05) is 19.8 Å². The second kappa shape index (κ2) is 8.22. The monoisotopic (exact) mass is 397 g/mol. The lowest BCUT2D eigenvalue weighted by Crippen LogP contribution is -2.36. The lowest BCUT2D eigenvalue weighted by molar-refractivity contribution is -0.145. The first-order valence-corrected chi connectivity index (χ1v) is 9.12. The number of rotatable bonds is 6. The van der Waals surface area contributed by atoms with Gasteiger partial charge in [0.1, 0.15) is 0 Å². The molecule has 0 atom stereocenters. The number of aromatic nitrogens is 2. The molecule has 1 aliphatic heterocycles. The Hall–Kier alpha value is -2.55. The van der Waals surface area contributed by atoms with Gasteiger partial charge in [-0.05, 0) is 31.5 Å². The Morgan fingerprint density at radius 3 is 2.57 bits per heavy atom. The number of nitrogens with one attached hydrogen (secondary N) is 1. The van der Waals surface area contributed by atoms with Crippen molar-refractivity contribution in [1.29, 1.82) is 0 Å². The highest BCUT2D eigenvalue weighted by atomic mass is 19.4. The molecule has 0 unspecified atom stereocenters. The number of fused-ring (bicyclic) bond motifs is 1. The van der Waals surface area contributed by atoms with Gasteiger partial charge in [0.05, 0.1) is 24.5 Å². The third-order valence-corrected chi connectivity index (χ3v) is 4.43. The molecule has 0 saturated carbocycles. The fourth-order valence-electron chi connectivity index (χ4n) is 3.20. The van der Waals surface area contributed by atoms with Gasteiger partial charge in [-0.3, -0.25) is 9.69 Å². The van der Waals surface area contributed by atoms with Crippen molar-refractivity contribution in [2.24, 2.45) is 0 Å². The van der Waals surface area contributed by atoms with E-state index >= 15 is 0 Å². The van der Waals surface area contributed by atoms with E-state index in [2.05, 4.69) is 4.98 Å². The van der Waals surface area contributed by atoms with Crippen LogP contribution in [0.2, 0.25) is 0 Å². The highest BCUT2D eigenvalue weighted by molar-refractivity contribution is 5.43. The van der Waals surface area contributed by atoms with Crippen molar-refractivity contribution in [3.05, 3.63) is 51.2 Å². The minimum absolute atomic E-state index is 0.217. The number of ether oxygens (including phenoxy) is 2. The van der Waals surface area contributed by atoms with E-state index in [1.807, 2.05) is 41.9 Å². The van der Waals surface area contributed by atoms with Gasteiger partial charge in [0.2, 0.25) is 5.82 Å². The quantitative estimate of drug-likeness (QED) is 0.811. The lowest BCUT2D eigenvalue weighted by atomic mass is 10.1. The van der Waals surface area contributed by atoms with Crippen LogP contribution in [0.1, 0.15) is 36.5 Å². The van der Waals surface area contributed by atoms with E-state index in [1.165, 1.54) is 0 Å². The Labute approximate surface area is 160 Å². The Bertz CT molecular complexity index is 896. The smallest absolute Gasteiger partial charge is 0.449 e. The summed E-state index contributed by atoms with van der Waals surface area (Å²) < 4.78 is 49.7. The van der Waals surface area contributed by atoms with Gasteiger partial charge in [-0.2, -0.15) is 13.2 Å². The molecule has 1 N–H and O–H groups in total. The molecule has 28 heavy (non-hydrogen) atoms. The van der Waals surface area contributed by atoms with Gasteiger partial charge in [0.15, 0.2) is 11.5 Å². The Morgan fingerprint density at radius 1 is 1.18 bits per heavy atom. The zero-order chi connectivity index (χ0) is 20.3. The van der Waals surface area contributed by atoms with Gasteiger partial charge in [-0.25, -0.2) is 4.98 Å². The maximum atomic E-state index is 12.8. The number of aromatic amines is 1. The first-order valence-electron chi connectivity index (χ1n) is 9.12. The number of H-pyrrole nitrogens is 1. The van der Waals surface area contributed by atoms with E-state index in [-0.39, 0.29) is 24.2 Å². The van der Waals surface area contributed by atoms with Crippen LogP contribution in [0.3, 0.4) is 0 Å². The number of hydrogen-bond acceptors (Lipinski definition) is 5. The number of halogens is 3. The highest BCUT2D eigenvalue weighted by Crippen LogP contribution is 2.30. The van der Waals surface area contributed by atoms with Gasteiger partial charge >= 0.3 is 6.18 Å². The predicted molar refractivity (Wildman–Crippen MR) is 96.5 cm³/mol. The van der Waals surface area contributed by atoms with Crippen molar-refractivity contribution < 1.29 is 22.6 Å². The summed E-state index contributed by atoms with van der Waals surface area (Å²) in [6.07, 6.45) is -4.37. The average Bonchev–Trinajstić information content (AvgIpc) is 2.64. The van der Waals surface area contributed by atoms with Crippen LogP contribution in [0.5, 0.6) is 11.5 Å². The van der Waals surface area contributed by atoms with E-state index in [4.69, 9.17) is 9.47 Å². The molecule has 3 rings (SSSR count). The fraction of sp³-hybridized carbons (Fsp3) is 0.474. The Kier molecular flexibility index (Phi) is 5.93. The second-order valence-corrected chi connectivity index (χ2v) is 6.45. The third-order valence-electron chi connectivity index (χ3n) is 4.43. The van der Waals surface area contributed by atoms with Crippen molar-refractivity contribution in [1.82, 2.24) is 14.9 Å². The first-order chi connectivity index (χ1) is 13.3. The summed E-state index contributed by atoms with van der Waals surface area (Å²) in [4.78, 5) is 19.6. The van der Waals surface area contributed by atoms with Crippen molar-refractivity contribution >= 4 is 0 Å². The predicted octanol–water partition coefficient (Wildman–Crippen LogP) is 3.14. The van der Waals surface area contributed by atoms with Crippen molar-refractivity contribution in [2.45, 2.75) is 39.5 Å². The molecule has 9 heteroatoms. The van der Waals surface area contributed by atoms with Gasteiger partial charge < -0.3 is 14.5 Å². The topological polar surface area (TPSA) is 67.5 Å². The van der Waals surface area contributed by atoms with Gasteiger partial charge in [0, 0.05) is 26.1 Å². The zero-order valence-electron chi connectivity index (χ0n) is 15.7. The van der Waals surface area contributed by atoms with Crippen LogP contribution in [-0.4, -0.2) is 34.6 Å². The molecule has 1 aliphatic rings. The molecule has 2 aromatic rings. The Morgan fingerprint density at radius 2 is 1.89 bits per heavy atom.